The van der Waals surface area contributed by atoms with Crippen molar-refractivity contribution in [3.8, 4) is 0 Å². The SMILES string of the molecule is CCS(=O)(=O)CCNC(C)c1nc2ccccc2s1. The normalized spacial score (nSPS) is 13.8. The van der Waals surface area contributed by atoms with Gasteiger partial charge in [0.1, 0.15) is 5.01 Å². The third-order valence-electron chi connectivity index (χ3n) is 2.98. The molecule has 0 aliphatic rings. The Labute approximate surface area is 117 Å². The summed E-state index contributed by atoms with van der Waals surface area (Å²) in [6.07, 6.45) is 0. The smallest absolute Gasteiger partial charge is 0.151 e. The summed E-state index contributed by atoms with van der Waals surface area (Å²) in [7, 11) is -2.90. The van der Waals surface area contributed by atoms with Gasteiger partial charge >= 0.3 is 0 Å². The van der Waals surface area contributed by atoms with Crippen LogP contribution in [0.15, 0.2) is 24.3 Å². The second-order valence-electron chi connectivity index (χ2n) is 4.43. The molecule has 0 bridgehead atoms. The highest BCUT2D eigenvalue weighted by Gasteiger charge is 2.12. The van der Waals surface area contributed by atoms with Crippen molar-refractivity contribution in [1.29, 1.82) is 0 Å². The maximum atomic E-state index is 11.4. The number of nitrogens with zero attached hydrogens (tertiary/aromatic N) is 1. The van der Waals surface area contributed by atoms with Gasteiger partial charge in [-0.05, 0) is 19.1 Å². The molecule has 1 aromatic carbocycles. The quantitative estimate of drug-likeness (QED) is 0.889. The van der Waals surface area contributed by atoms with E-state index in [1.807, 2.05) is 31.2 Å². The molecule has 104 valence electrons. The number of nitrogens with one attached hydrogen (secondary N) is 1. The average Bonchev–Trinajstić information content (AvgIpc) is 2.82. The van der Waals surface area contributed by atoms with Crippen LogP contribution in [0.1, 0.15) is 24.9 Å². The second kappa shape index (κ2) is 5.98. The lowest BCUT2D eigenvalue weighted by Gasteiger charge is -2.10. The van der Waals surface area contributed by atoms with Gasteiger partial charge in [0.2, 0.25) is 0 Å². The monoisotopic (exact) mass is 298 g/mol. The maximum Gasteiger partial charge on any atom is 0.151 e. The molecular weight excluding hydrogens is 280 g/mol. The van der Waals surface area contributed by atoms with Gasteiger partial charge in [-0.15, -0.1) is 11.3 Å². The number of hydrogen-bond acceptors (Lipinski definition) is 5. The number of para-hydroxylation sites is 1. The lowest BCUT2D eigenvalue weighted by molar-refractivity contribution is 0.572. The molecule has 1 heterocycles. The highest BCUT2D eigenvalue weighted by Crippen LogP contribution is 2.25. The van der Waals surface area contributed by atoms with Gasteiger partial charge in [0.15, 0.2) is 9.84 Å². The van der Waals surface area contributed by atoms with E-state index in [0.29, 0.717) is 6.54 Å². The molecule has 6 heteroatoms. The standard InChI is InChI=1S/C13H18N2O2S2/c1-3-19(16,17)9-8-14-10(2)13-15-11-6-4-5-7-12(11)18-13/h4-7,10,14H,3,8-9H2,1-2H3. The van der Waals surface area contributed by atoms with E-state index in [2.05, 4.69) is 10.3 Å². The van der Waals surface area contributed by atoms with Gasteiger partial charge < -0.3 is 5.32 Å². The van der Waals surface area contributed by atoms with Crippen LogP contribution in [0.4, 0.5) is 0 Å². The minimum atomic E-state index is -2.90. The van der Waals surface area contributed by atoms with E-state index >= 15 is 0 Å². The first kappa shape index (κ1) is 14.4. The van der Waals surface area contributed by atoms with Crippen molar-refractivity contribution in [1.82, 2.24) is 10.3 Å². The molecule has 2 aromatic rings. The molecule has 1 aromatic heterocycles. The Morgan fingerprint density at radius 2 is 2.11 bits per heavy atom. The van der Waals surface area contributed by atoms with Crippen LogP contribution in [0.25, 0.3) is 10.2 Å². The van der Waals surface area contributed by atoms with E-state index in [-0.39, 0.29) is 17.5 Å². The third-order valence-corrected chi connectivity index (χ3v) is 5.91. The van der Waals surface area contributed by atoms with Crippen LogP contribution in [0.3, 0.4) is 0 Å². The van der Waals surface area contributed by atoms with E-state index in [9.17, 15) is 8.42 Å². The van der Waals surface area contributed by atoms with Crippen LogP contribution in [0.2, 0.25) is 0 Å². The highest BCUT2D eigenvalue weighted by molar-refractivity contribution is 7.91. The van der Waals surface area contributed by atoms with Crippen LogP contribution < -0.4 is 5.32 Å². The largest absolute Gasteiger partial charge is 0.307 e. The Bertz CT molecular complexity index is 616. The fraction of sp³-hybridized carbons (Fsp3) is 0.462. The van der Waals surface area contributed by atoms with Crippen LogP contribution in [0, 0.1) is 0 Å². The number of rotatable bonds is 6. The van der Waals surface area contributed by atoms with E-state index in [0.717, 1.165) is 15.2 Å². The highest BCUT2D eigenvalue weighted by atomic mass is 32.2. The van der Waals surface area contributed by atoms with E-state index in [1.54, 1.807) is 18.3 Å². The van der Waals surface area contributed by atoms with Crippen molar-refractivity contribution in [2.45, 2.75) is 19.9 Å². The Kier molecular flexibility index (Phi) is 4.54. The molecular formula is C13H18N2O2S2. The van der Waals surface area contributed by atoms with Crippen molar-refractivity contribution in [2.24, 2.45) is 0 Å². The summed E-state index contributed by atoms with van der Waals surface area (Å²) < 4.78 is 24.0. The van der Waals surface area contributed by atoms with Gasteiger partial charge in [-0.2, -0.15) is 0 Å². The van der Waals surface area contributed by atoms with Crippen LogP contribution in [0.5, 0.6) is 0 Å². The first-order valence-electron chi connectivity index (χ1n) is 6.31. The summed E-state index contributed by atoms with van der Waals surface area (Å²) in [4.78, 5) is 4.55. The maximum absolute atomic E-state index is 11.4. The first-order chi connectivity index (χ1) is 9.02. The number of hydrogen-bond donors (Lipinski definition) is 1. The lowest BCUT2D eigenvalue weighted by Crippen LogP contribution is -2.26. The fourth-order valence-electron chi connectivity index (χ4n) is 1.74. The molecule has 0 aliphatic heterocycles. The van der Waals surface area contributed by atoms with Crippen molar-refractivity contribution < 1.29 is 8.42 Å². The zero-order valence-electron chi connectivity index (χ0n) is 11.1. The molecule has 2 rings (SSSR count). The van der Waals surface area contributed by atoms with E-state index < -0.39 is 9.84 Å². The molecule has 0 aliphatic carbocycles. The molecule has 0 saturated heterocycles. The first-order valence-corrected chi connectivity index (χ1v) is 8.95. The molecule has 1 atom stereocenters. The average molecular weight is 298 g/mol. The Hall–Kier alpha value is -0.980. The van der Waals surface area contributed by atoms with Gasteiger partial charge in [0.25, 0.3) is 0 Å². The zero-order chi connectivity index (χ0) is 13.9. The molecule has 0 fully saturated rings. The minimum absolute atomic E-state index is 0.0736. The predicted octanol–water partition coefficient (Wildman–Crippen LogP) is 2.38. The number of benzene rings is 1. The summed E-state index contributed by atoms with van der Waals surface area (Å²) in [6, 6.07) is 8.08. The van der Waals surface area contributed by atoms with Crippen molar-refractivity contribution >= 4 is 31.4 Å². The van der Waals surface area contributed by atoms with Crippen LogP contribution in [-0.4, -0.2) is 31.5 Å². The second-order valence-corrected chi connectivity index (χ2v) is 7.97. The predicted molar refractivity (Wildman–Crippen MR) is 80.4 cm³/mol. The Morgan fingerprint density at radius 3 is 2.79 bits per heavy atom. The summed E-state index contributed by atoms with van der Waals surface area (Å²) in [6.45, 7) is 4.15. The Balaban J connectivity index is 1.98. The van der Waals surface area contributed by atoms with Gasteiger partial charge in [-0.1, -0.05) is 19.1 Å². The van der Waals surface area contributed by atoms with Crippen LogP contribution in [-0.2, 0) is 9.84 Å². The summed E-state index contributed by atoms with van der Waals surface area (Å²) in [5.74, 6) is 0.378. The van der Waals surface area contributed by atoms with Gasteiger partial charge in [0, 0.05) is 12.3 Å². The van der Waals surface area contributed by atoms with E-state index in [1.165, 1.54) is 0 Å². The number of fused-ring (bicyclic) bond motifs is 1. The Morgan fingerprint density at radius 1 is 1.37 bits per heavy atom. The number of aromatic nitrogens is 1. The molecule has 0 radical (unpaired) electrons. The summed E-state index contributed by atoms with van der Waals surface area (Å²) >= 11 is 1.65. The molecule has 0 saturated carbocycles. The van der Waals surface area contributed by atoms with Crippen molar-refractivity contribution in [2.75, 3.05) is 18.1 Å². The van der Waals surface area contributed by atoms with Crippen molar-refractivity contribution in [3.63, 3.8) is 0 Å². The summed E-state index contributed by atoms with van der Waals surface area (Å²) in [5.41, 5.74) is 0.998. The molecule has 1 unspecified atom stereocenters. The van der Waals surface area contributed by atoms with Gasteiger partial charge in [-0.3, -0.25) is 0 Å². The lowest BCUT2D eigenvalue weighted by atomic mass is 10.3. The van der Waals surface area contributed by atoms with E-state index in [4.69, 9.17) is 0 Å². The number of thiazole rings is 1. The van der Waals surface area contributed by atoms with Crippen molar-refractivity contribution in [3.05, 3.63) is 29.3 Å². The van der Waals surface area contributed by atoms with Gasteiger partial charge in [-0.25, -0.2) is 13.4 Å². The molecule has 19 heavy (non-hydrogen) atoms. The third kappa shape index (κ3) is 3.75. The molecule has 1 N–H and O–H groups in total. The molecule has 4 nitrogen and oxygen atoms in total. The summed E-state index contributed by atoms with van der Waals surface area (Å²) in [5, 5.41) is 4.21. The van der Waals surface area contributed by atoms with Crippen LogP contribution >= 0.6 is 11.3 Å². The molecule has 0 amide bonds. The topological polar surface area (TPSA) is 59.1 Å². The zero-order valence-corrected chi connectivity index (χ0v) is 12.7. The molecule has 0 spiro atoms. The van der Waals surface area contributed by atoms with Gasteiger partial charge in [0.05, 0.1) is 22.0 Å². The number of sulfone groups is 1. The minimum Gasteiger partial charge on any atom is -0.307 e. The fourth-order valence-corrected chi connectivity index (χ4v) is 3.45.